The van der Waals surface area contributed by atoms with Crippen LogP contribution in [-0.2, 0) is 11.3 Å². The molecule has 0 heterocycles. The summed E-state index contributed by atoms with van der Waals surface area (Å²) in [5.74, 6) is -0.274. The molecule has 0 aromatic heterocycles. The number of rotatable bonds is 8. The molecule has 3 nitrogen and oxygen atoms in total. The molecule has 0 aliphatic carbocycles. The van der Waals surface area contributed by atoms with E-state index in [1.807, 2.05) is 38.1 Å². The molecule has 2 aromatic rings. The number of benzene rings is 2. The van der Waals surface area contributed by atoms with Crippen LogP contribution in [0.5, 0.6) is 0 Å². The number of nitrogens with zero attached hydrogens (tertiary/aromatic N) is 1. The molecule has 0 radical (unpaired) electrons. The summed E-state index contributed by atoms with van der Waals surface area (Å²) in [7, 11) is 0. The smallest absolute Gasteiger partial charge is 0.236 e. The summed E-state index contributed by atoms with van der Waals surface area (Å²) >= 11 is 1.52. The molecule has 2 aromatic carbocycles. The molecule has 0 fully saturated rings. The molecule has 1 N–H and O–H groups in total. The maximum Gasteiger partial charge on any atom is 0.236 e. The second kappa shape index (κ2) is 9.59. The lowest BCUT2D eigenvalue weighted by Gasteiger charge is -2.25. The van der Waals surface area contributed by atoms with Crippen molar-refractivity contribution >= 4 is 17.7 Å². The van der Waals surface area contributed by atoms with Crippen LogP contribution in [0.15, 0.2) is 53.4 Å². The number of thioether (sulfide) groups is 1. The van der Waals surface area contributed by atoms with Crippen molar-refractivity contribution in [3.63, 3.8) is 0 Å². The molecule has 0 spiro atoms. The summed E-state index contributed by atoms with van der Waals surface area (Å²) in [6, 6.07) is 14.3. The monoisotopic (exact) mass is 361 g/mol. The number of amides is 1. The summed E-state index contributed by atoms with van der Waals surface area (Å²) in [5.41, 5.74) is 2.06. The SMILES string of the molecule is Cc1ccc(SC(C)C(=O)N(CCCO)Cc2ccc(F)cc2)cc1. The van der Waals surface area contributed by atoms with Crippen LogP contribution in [0.1, 0.15) is 24.5 Å². The van der Waals surface area contributed by atoms with Crippen LogP contribution in [0.4, 0.5) is 4.39 Å². The van der Waals surface area contributed by atoms with Crippen molar-refractivity contribution in [2.45, 2.75) is 37.0 Å². The van der Waals surface area contributed by atoms with E-state index < -0.39 is 0 Å². The molecule has 134 valence electrons. The fourth-order valence-electron chi connectivity index (χ4n) is 2.47. The van der Waals surface area contributed by atoms with Gasteiger partial charge in [0, 0.05) is 24.6 Å². The maximum atomic E-state index is 13.1. The first-order valence-corrected chi connectivity index (χ1v) is 9.25. The van der Waals surface area contributed by atoms with Crippen LogP contribution in [0, 0.1) is 12.7 Å². The summed E-state index contributed by atoms with van der Waals surface area (Å²) in [4.78, 5) is 15.6. The number of carbonyl (C=O) groups is 1. The molecule has 0 aliphatic rings. The van der Waals surface area contributed by atoms with Gasteiger partial charge in [0.05, 0.1) is 5.25 Å². The lowest BCUT2D eigenvalue weighted by molar-refractivity contribution is -0.131. The molecule has 0 saturated carbocycles. The first-order valence-electron chi connectivity index (χ1n) is 8.37. The van der Waals surface area contributed by atoms with Crippen molar-refractivity contribution in [2.24, 2.45) is 0 Å². The third-order valence-corrected chi connectivity index (χ3v) is 4.97. The van der Waals surface area contributed by atoms with Crippen molar-refractivity contribution in [3.8, 4) is 0 Å². The van der Waals surface area contributed by atoms with Gasteiger partial charge in [-0.1, -0.05) is 29.8 Å². The largest absolute Gasteiger partial charge is 0.396 e. The molecule has 25 heavy (non-hydrogen) atoms. The van der Waals surface area contributed by atoms with Crippen molar-refractivity contribution in [1.82, 2.24) is 4.90 Å². The zero-order chi connectivity index (χ0) is 18.2. The first-order chi connectivity index (χ1) is 12.0. The number of aliphatic hydroxyl groups is 1. The van der Waals surface area contributed by atoms with Gasteiger partial charge >= 0.3 is 0 Å². The van der Waals surface area contributed by atoms with E-state index in [1.165, 1.54) is 29.5 Å². The molecule has 0 bridgehead atoms. The van der Waals surface area contributed by atoms with Crippen molar-refractivity contribution < 1.29 is 14.3 Å². The number of halogens is 1. The van der Waals surface area contributed by atoms with Crippen LogP contribution in [-0.4, -0.2) is 34.3 Å². The van der Waals surface area contributed by atoms with Gasteiger partial charge in [0.2, 0.25) is 5.91 Å². The molecule has 1 amide bonds. The van der Waals surface area contributed by atoms with E-state index in [4.69, 9.17) is 5.11 Å². The third-order valence-electron chi connectivity index (χ3n) is 3.87. The van der Waals surface area contributed by atoms with Crippen LogP contribution >= 0.6 is 11.8 Å². The Hall–Kier alpha value is -1.85. The van der Waals surface area contributed by atoms with Gasteiger partial charge in [-0.25, -0.2) is 4.39 Å². The summed E-state index contributed by atoms with van der Waals surface area (Å²) < 4.78 is 13.1. The van der Waals surface area contributed by atoms with E-state index in [-0.39, 0.29) is 23.6 Å². The second-order valence-electron chi connectivity index (χ2n) is 6.04. The zero-order valence-corrected chi connectivity index (χ0v) is 15.4. The lowest BCUT2D eigenvalue weighted by Crippen LogP contribution is -2.37. The number of carbonyl (C=O) groups excluding carboxylic acids is 1. The maximum absolute atomic E-state index is 13.1. The minimum Gasteiger partial charge on any atom is -0.396 e. The Morgan fingerprint density at radius 2 is 1.80 bits per heavy atom. The van der Waals surface area contributed by atoms with Gasteiger partial charge < -0.3 is 10.0 Å². The van der Waals surface area contributed by atoms with Gasteiger partial charge in [-0.3, -0.25) is 4.79 Å². The summed E-state index contributed by atoms with van der Waals surface area (Å²) in [6.07, 6.45) is 0.523. The van der Waals surface area contributed by atoms with Gasteiger partial charge in [0.25, 0.3) is 0 Å². The fraction of sp³-hybridized carbons (Fsp3) is 0.350. The Labute approximate surface area is 152 Å². The van der Waals surface area contributed by atoms with Crippen molar-refractivity contribution in [1.29, 1.82) is 0 Å². The highest BCUT2D eigenvalue weighted by Gasteiger charge is 2.21. The van der Waals surface area contributed by atoms with Gasteiger partial charge in [0.15, 0.2) is 0 Å². The second-order valence-corrected chi connectivity index (χ2v) is 7.45. The van der Waals surface area contributed by atoms with E-state index in [1.54, 1.807) is 17.0 Å². The molecule has 0 saturated heterocycles. The summed E-state index contributed by atoms with van der Waals surface area (Å²) in [6.45, 7) is 4.85. The Morgan fingerprint density at radius 1 is 1.16 bits per heavy atom. The van der Waals surface area contributed by atoms with Gasteiger partial charge in [0.1, 0.15) is 5.82 Å². The first kappa shape index (κ1) is 19.5. The van der Waals surface area contributed by atoms with Gasteiger partial charge in [-0.05, 0) is 50.1 Å². The van der Waals surface area contributed by atoms with E-state index in [0.29, 0.717) is 19.5 Å². The highest BCUT2D eigenvalue weighted by atomic mass is 32.2. The molecular weight excluding hydrogens is 337 g/mol. The van der Waals surface area contributed by atoms with E-state index >= 15 is 0 Å². The number of aryl methyl sites for hydroxylation is 1. The highest BCUT2D eigenvalue weighted by molar-refractivity contribution is 8.00. The van der Waals surface area contributed by atoms with E-state index in [0.717, 1.165) is 10.5 Å². The quantitative estimate of drug-likeness (QED) is 0.722. The Balaban J connectivity index is 2.05. The molecular formula is C20H24FNO2S. The van der Waals surface area contributed by atoms with Crippen LogP contribution < -0.4 is 0 Å². The van der Waals surface area contributed by atoms with Gasteiger partial charge in [-0.2, -0.15) is 0 Å². The normalized spacial score (nSPS) is 12.0. The average molecular weight is 361 g/mol. The predicted molar refractivity (Wildman–Crippen MR) is 100 cm³/mol. The predicted octanol–water partition coefficient (Wildman–Crippen LogP) is 4.03. The van der Waals surface area contributed by atoms with Gasteiger partial charge in [-0.15, -0.1) is 11.8 Å². The van der Waals surface area contributed by atoms with Crippen LogP contribution in [0.25, 0.3) is 0 Å². The van der Waals surface area contributed by atoms with E-state index in [9.17, 15) is 9.18 Å². The zero-order valence-electron chi connectivity index (χ0n) is 14.6. The molecule has 0 aliphatic heterocycles. The standard InChI is InChI=1S/C20H24FNO2S/c1-15-4-10-19(11-5-15)25-16(2)20(24)22(12-3-13-23)14-17-6-8-18(21)9-7-17/h4-11,16,23H,3,12-14H2,1-2H3. The minimum atomic E-state index is -0.291. The molecule has 1 atom stereocenters. The molecule has 1 unspecified atom stereocenters. The number of hydrogen-bond acceptors (Lipinski definition) is 3. The Kier molecular flexibility index (Phi) is 7.47. The molecule has 5 heteroatoms. The summed E-state index contributed by atoms with van der Waals surface area (Å²) in [5, 5.41) is 8.87. The topological polar surface area (TPSA) is 40.5 Å². The van der Waals surface area contributed by atoms with Crippen LogP contribution in [0.3, 0.4) is 0 Å². The van der Waals surface area contributed by atoms with Crippen molar-refractivity contribution in [2.75, 3.05) is 13.2 Å². The van der Waals surface area contributed by atoms with Crippen molar-refractivity contribution in [3.05, 3.63) is 65.5 Å². The van der Waals surface area contributed by atoms with E-state index in [2.05, 4.69) is 0 Å². The Bertz CT molecular complexity index is 673. The average Bonchev–Trinajstić information content (AvgIpc) is 2.61. The lowest BCUT2D eigenvalue weighted by atomic mass is 10.2. The minimum absolute atomic E-state index is 0.0170. The third kappa shape index (κ3) is 6.18. The number of hydrogen-bond donors (Lipinski definition) is 1. The Morgan fingerprint density at radius 3 is 2.40 bits per heavy atom. The fourth-order valence-corrected chi connectivity index (χ4v) is 3.42. The highest BCUT2D eigenvalue weighted by Crippen LogP contribution is 2.25. The number of aliphatic hydroxyl groups excluding tert-OH is 1. The van der Waals surface area contributed by atoms with Crippen LogP contribution in [0.2, 0.25) is 0 Å². The molecule has 2 rings (SSSR count).